The van der Waals surface area contributed by atoms with Gasteiger partial charge in [-0.3, -0.25) is 0 Å². The Morgan fingerprint density at radius 2 is 2.15 bits per heavy atom. The largest absolute Gasteiger partial charge is 0.491 e. The summed E-state index contributed by atoms with van der Waals surface area (Å²) in [5.74, 6) is 0.130. The van der Waals surface area contributed by atoms with E-state index in [1.807, 2.05) is 13.8 Å². The third kappa shape index (κ3) is 2.93. The molecule has 1 aromatic rings. The van der Waals surface area contributed by atoms with Gasteiger partial charge in [0.2, 0.25) is 0 Å². The highest BCUT2D eigenvalue weighted by molar-refractivity contribution is 5.44. The molecule has 1 unspecified atom stereocenters. The molecule has 0 aromatic heterocycles. The number of halogens is 1. The molecule has 0 amide bonds. The minimum atomic E-state index is -0.363. The Hall–Kier alpha value is -1.25. The monoisotopic (exact) mass is 183 g/mol. The molecule has 0 heterocycles. The third-order valence-electron chi connectivity index (χ3n) is 1.81. The van der Waals surface area contributed by atoms with Crippen LogP contribution in [0.25, 0.3) is 0 Å². The lowest BCUT2D eigenvalue weighted by molar-refractivity contribution is 0.216. The first-order valence-corrected chi connectivity index (χ1v) is 4.34. The van der Waals surface area contributed by atoms with Crippen molar-refractivity contribution in [2.45, 2.75) is 26.4 Å². The molecule has 0 saturated heterocycles. The summed E-state index contributed by atoms with van der Waals surface area (Å²) < 4.78 is 18.2. The van der Waals surface area contributed by atoms with Crippen molar-refractivity contribution in [2.75, 3.05) is 5.73 Å². The highest BCUT2D eigenvalue weighted by atomic mass is 19.1. The van der Waals surface area contributed by atoms with Gasteiger partial charge in [-0.05, 0) is 19.4 Å². The van der Waals surface area contributed by atoms with Crippen LogP contribution in [0.4, 0.5) is 10.1 Å². The molecule has 13 heavy (non-hydrogen) atoms. The fourth-order valence-corrected chi connectivity index (χ4v) is 0.968. The predicted molar refractivity (Wildman–Crippen MR) is 51.2 cm³/mol. The second-order valence-corrected chi connectivity index (χ2v) is 3.06. The van der Waals surface area contributed by atoms with Crippen molar-refractivity contribution >= 4 is 5.69 Å². The molecule has 2 nitrogen and oxygen atoms in total. The summed E-state index contributed by atoms with van der Waals surface area (Å²) in [5.41, 5.74) is 5.84. The van der Waals surface area contributed by atoms with E-state index in [4.69, 9.17) is 10.5 Å². The van der Waals surface area contributed by atoms with Crippen LogP contribution in [0.1, 0.15) is 20.3 Å². The van der Waals surface area contributed by atoms with Gasteiger partial charge in [-0.15, -0.1) is 0 Å². The Kier molecular flexibility index (Phi) is 3.12. The molecule has 2 N–H and O–H groups in total. The van der Waals surface area contributed by atoms with Gasteiger partial charge in [-0.1, -0.05) is 6.92 Å². The van der Waals surface area contributed by atoms with Crippen LogP contribution in [-0.2, 0) is 0 Å². The molecule has 3 heteroatoms. The van der Waals surface area contributed by atoms with Crippen molar-refractivity contribution in [2.24, 2.45) is 0 Å². The van der Waals surface area contributed by atoms with Gasteiger partial charge in [0.25, 0.3) is 0 Å². The van der Waals surface area contributed by atoms with Crippen LogP contribution in [0.5, 0.6) is 5.75 Å². The van der Waals surface area contributed by atoms with Gasteiger partial charge < -0.3 is 10.5 Å². The number of rotatable bonds is 3. The molecular weight excluding hydrogens is 169 g/mol. The minimum Gasteiger partial charge on any atom is -0.491 e. The van der Waals surface area contributed by atoms with Crippen molar-refractivity contribution in [1.82, 2.24) is 0 Å². The SMILES string of the molecule is CCC(C)Oc1cc(N)cc(F)c1. The maximum Gasteiger partial charge on any atom is 0.128 e. The van der Waals surface area contributed by atoms with Gasteiger partial charge in [0, 0.05) is 17.8 Å². The van der Waals surface area contributed by atoms with Crippen molar-refractivity contribution in [3.63, 3.8) is 0 Å². The topological polar surface area (TPSA) is 35.2 Å². The Morgan fingerprint density at radius 3 is 2.69 bits per heavy atom. The van der Waals surface area contributed by atoms with E-state index in [9.17, 15) is 4.39 Å². The van der Waals surface area contributed by atoms with Gasteiger partial charge in [0.1, 0.15) is 11.6 Å². The highest BCUT2D eigenvalue weighted by Gasteiger charge is 2.03. The summed E-state index contributed by atoms with van der Waals surface area (Å²) in [6, 6.07) is 4.22. The van der Waals surface area contributed by atoms with E-state index in [1.54, 1.807) is 6.07 Å². The summed E-state index contributed by atoms with van der Waals surface area (Å²) in [5, 5.41) is 0. The molecule has 0 radical (unpaired) electrons. The number of hydrogen-bond acceptors (Lipinski definition) is 2. The van der Waals surface area contributed by atoms with Crippen molar-refractivity contribution in [3.8, 4) is 5.75 Å². The summed E-state index contributed by atoms with van der Waals surface area (Å²) in [7, 11) is 0. The molecule has 0 fully saturated rings. The van der Waals surface area contributed by atoms with Crippen LogP contribution in [0.2, 0.25) is 0 Å². The standard InChI is InChI=1S/C10H14FNO/c1-3-7(2)13-10-5-8(11)4-9(12)6-10/h4-7H,3,12H2,1-2H3. The Labute approximate surface area is 77.5 Å². The first kappa shape index (κ1) is 9.84. The lowest BCUT2D eigenvalue weighted by Gasteiger charge is -2.12. The molecule has 0 bridgehead atoms. The molecule has 1 atom stereocenters. The number of nitrogen functional groups attached to an aromatic ring is 1. The van der Waals surface area contributed by atoms with Crippen LogP contribution in [0, 0.1) is 5.82 Å². The van der Waals surface area contributed by atoms with Gasteiger partial charge in [-0.2, -0.15) is 0 Å². The second-order valence-electron chi connectivity index (χ2n) is 3.06. The fourth-order valence-electron chi connectivity index (χ4n) is 0.968. The van der Waals surface area contributed by atoms with Crippen molar-refractivity contribution < 1.29 is 9.13 Å². The second kappa shape index (κ2) is 4.12. The lowest BCUT2D eigenvalue weighted by Crippen LogP contribution is -2.09. The van der Waals surface area contributed by atoms with E-state index in [1.165, 1.54) is 12.1 Å². The lowest BCUT2D eigenvalue weighted by atomic mass is 10.3. The maximum absolute atomic E-state index is 12.8. The van der Waals surface area contributed by atoms with Gasteiger partial charge >= 0.3 is 0 Å². The van der Waals surface area contributed by atoms with Crippen LogP contribution >= 0.6 is 0 Å². The molecule has 0 aliphatic rings. The van der Waals surface area contributed by atoms with Crippen LogP contribution in [-0.4, -0.2) is 6.10 Å². The number of ether oxygens (including phenoxy) is 1. The van der Waals surface area contributed by atoms with Crippen molar-refractivity contribution in [1.29, 1.82) is 0 Å². The molecule has 0 saturated carbocycles. The Bertz CT molecular complexity index is 268. The van der Waals surface area contributed by atoms with Gasteiger partial charge in [0.05, 0.1) is 6.10 Å². The number of hydrogen-bond donors (Lipinski definition) is 1. The highest BCUT2D eigenvalue weighted by Crippen LogP contribution is 2.19. The quantitative estimate of drug-likeness (QED) is 0.731. The molecule has 1 rings (SSSR count). The average Bonchev–Trinajstić information content (AvgIpc) is 2.02. The zero-order valence-electron chi connectivity index (χ0n) is 7.88. The van der Waals surface area contributed by atoms with Crippen molar-refractivity contribution in [3.05, 3.63) is 24.0 Å². The zero-order valence-corrected chi connectivity index (χ0v) is 7.88. The van der Waals surface area contributed by atoms with Crippen LogP contribution < -0.4 is 10.5 Å². The molecule has 72 valence electrons. The average molecular weight is 183 g/mol. The first-order chi connectivity index (χ1) is 6.11. The normalized spacial score (nSPS) is 12.5. The molecule has 0 aliphatic heterocycles. The van der Waals surface area contributed by atoms with Gasteiger partial charge in [-0.25, -0.2) is 4.39 Å². The van der Waals surface area contributed by atoms with E-state index in [2.05, 4.69) is 0 Å². The Morgan fingerprint density at radius 1 is 1.46 bits per heavy atom. The maximum atomic E-state index is 12.8. The number of benzene rings is 1. The zero-order chi connectivity index (χ0) is 9.84. The summed E-state index contributed by atoms with van der Waals surface area (Å²) in [4.78, 5) is 0. The molecule has 1 aromatic carbocycles. The van der Waals surface area contributed by atoms with Gasteiger partial charge in [0.15, 0.2) is 0 Å². The first-order valence-electron chi connectivity index (χ1n) is 4.34. The summed E-state index contributed by atoms with van der Waals surface area (Å²) in [6.07, 6.45) is 0.970. The smallest absolute Gasteiger partial charge is 0.128 e. The molecule has 0 aliphatic carbocycles. The predicted octanol–water partition coefficient (Wildman–Crippen LogP) is 2.59. The van der Waals surface area contributed by atoms with E-state index in [-0.39, 0.29) is 11.9 Å². The van der Waals surface area contributed by atoms with E-state index >= 15 is 0 Å². The Balaban J connectivity index is 2.77. The number of anilines is 1. The summed E-state index contributed by atoms with van der Waals surface area (Å²) in [6.45, 7) is 3.94. The third-order valence-corrected chi connectivity index (χ3v) is 1.81. The number of nitrogens with two attached hydrogens (primary N) is 1. The fraction of sp³-hybridized carbons (Fsp3) is 0.400. The molecule has 0 spiro atoms. The van der Waals surface area contributed by atoms with Crippen LogP contribution in [0.3, 0.4) is 0 Å². The van der Waals surface area contributed by atoms with E-state index in [0.29, 0.717) is 11.4 Å². The molecular formula is C10H14FNO. The van der Waals surface area contributed by atoms with E-state index < -0.39 is 0 Å². The van der Waals surface area contributed by atoms with E-state index in [0.717, 1.165) is 6.42 Å². The van der Waals surface area contributed by atoms with Crippen LogP contribution in [0.15, 0.2) is 18.2 Å². The summed E-state index contributed by atoms with van der Waals surface area (Å²) >= 11 is 0. The minimum absolute atomic E-state index is 0.0844.